The maximum atomic E-state index is 14.1. The summed E-state index contributed by atoms with van der Waals surface area (Å²) < 4.78 is 10.7. The molecule has 10 nitrogen and oxygen atoms in total. The fourth-order valence-electron chi connectivity index (χ4n) is 4.56. The Morgan fingerprint density at radius 3 is 2.52 bits per heavy atom. The van der Waals surface area contributed by atoms with E-state index in [9.17, 15) is 9.59 Å². The smallest absolute Gasteiger partial charge is 0.248 e. The number of ether oxygens (including phenoxy) is 2. The minimum Gasteiger partial charge on any atom is -0.493 e. The molecule has 2 aromatic heterocycles. The molecule has 2 N–H and O–H groups in total. The van der Waals surface area contributed by atoms with Crippen LogP contribution in [0.3, 0.4) is 0 Å². The Balaban J connectivity index is 1.72. The van der Waals surface area contributed by atoms with Crippen LogP contribution < -0.4 is 15.2 Å². The number of thiophene rings is 1. The molecule has 4 aromatic rings. The molecule has 0 aliphatic carbocycles. The van der Waals surface area contributed by atoms with Crippen LogP contribution in [0.5, 0.6) is 11.5 Å². The first-order chi connectivity index (χ1) is 19.3. The van der Waals surface area contributed by atoms with Crippen molar-refractivity contribution < 1.29 is 19.1 Å². The fourth-order valence-corrected chi connectivity index (χ4v) is 5.72. The number of carbonyl (C=O) groups is 2. The Hall–Kier alpha value is -3.96. The summed E-state index contributed by atoms with van der Waals surface area (Å²) in [4.78, 5) is 30.8. The summed E-state index contributed by atoms with van der Waals surface area (Å²) in [5, 5.41) is 15.0. The molecule has 4 rings (SSSR count). The number of rotatable bonds is 13. The Bertz CT molecular complexity index is 1460. The first-order valence-corrected chi connectivity index (χ1v) is 14.0. The first-order valence-electron chi connectivity index (χ1n) is 12.7. The molecule has 0 saturated heterocycles. The van der Waals surface area contributed by atoms with Gasteiger partial charge in [-0.05, 0) is 52.9 Å². The number of unbranched alkanes of at least 4 members (excludes halogenated alkanes) is 1. The normalized spacial score (nSPS) is 12.5. The number of nitrogens with zero attached hydrogens (tertiary/aromatic N) is 5. The van der Waals surface area contributed by atoms with Crippen LogP contribution in [0.2, 0.25) is 5.02 Å². The Morgan fingerprint density at radius 1 is 1.10 bits per heavy atom. The topological polar surface area (TPSA) is 125 Å². The zero-order chi connectivity index (χ0) is 28.7. The van der Waals surface area contributed by atoms with Gasteiger partial charge in [-0.3, -0.25) is 9.59 Å². The van der Waals surface area contributed by atoms with Crippen molar-refractivity contribution in [3.8, 4) is 22.9 Å². The lowest BCUT2D eigenvalue weighted by atomic mass is 9.87. The lowest BCUT2D eigenvalue weighted by molar-refractivity contribution is -0.149. The molecule has 1 atom stereocenters. The van der Waals surface area contributed by atoms with Crippen molar-refractivity contribution in [2.75, 3.05) is 14.2 Å². The van der Waals surface area contributed by atoms with Gasteiger partial charge in [-0.25, -0.2) is 0 Å². The third kappa shape index (κ3) is 5.95. The van der Waals surface area contributed by atoms with Crippen molar-refractivity contribution in [1.82, 2.24) is 25.1 Å². The van der Waals surface area contributed by atoms with Gasteiger partial charge in [0.25, 0.3) is 0 Å². The van der Waals surface area contributed by atoms with Gasteiger partial charge in [0.05, 0.1) is 14.2 Å². The number of hydrogen-bond donors (Lipinski definition) is 1. The summed E-state index contributed by atoms with van der Waals surface area (Å²) in [5.41, 5.74) is 6.07. The molecule has 0 aliphatic heterocycles. The molecule has 1 unspecified atom stereocenters. The Kier molecular flexibility index (Phi) is 9.38. The maximum Gasteiger partial charge on any atom is 0.248 e. The Morgan fingerprint density at radius 2 is 1.88 bits per heavy atom. The van der Waals surface area contributed by atoms with E-state index in [1.54, 1.807) is 31.4 Å². The molecule has 2 aromatic carbocycles. The maximum absolute atomic E-state index is 14.1. The largest absolute Gasteiger partial charge is 0.493 e. The summed E-state index contributed by atoms with van der Waals surface area (Å²) in [7, 11) is 3.09. The average Bonchev–Trinajstić information content (AvgIpc) is 3.66. The minimum atomic E-state index is -1.38. The first kappa shape index (κ1) is 29.0. The second-order valence-corrected chi connectivity index (χ2v) is 10.4. The summed E-state index contributed by atoms with van der Waals surface area (Å²) in [6.45, 7) is 1.83. The van der Waals surface area contributed by atoms with Crippen molar-refractivity contribution in [3.05, 3.63) is 75.4 Å². The standard InChI is InChI=1S/C28H31ClN6O4S/c1-4-5-14-28(27(30)37,24-11-8-15-40-24)34(17-20-9-6-7-10-21(20)29)25(36)18-35-32-26(31-33-35)19-12-13-22(38-2)23(16-19)39-3/h6-13,15-16H,4-5,14,17-18H2,1-3H3,(H2,30,37). The molecule has 0 saturated carbocycles. The summed E-state index contributed by atoms with van der Waals surface area (Å²) in [6, 6.07) is 16.1. The molecule has 2 heterocycles. The van der Waals surface area contributed by atoms with Crippen molar-refractivity contribution in [1.29, 1.82) is 0 Å². The zero-order valence-electron chi connectivity index (χ0n) is 22.5. The van der Waals surface area contributed by atoms with Gasteiger partial charge >= 0.3 is 0 Å². The van der Waals surface area contributed by atoms with E-state index in [-0.39, 0.29) is 13.1 Å². The molecule has 210 valence electrons. The molecule has 0 aliphatic rings. The number of tetrazole rings is 1. The summed E-state index contributed by atoms with van der Waals surface area (Å²) >= 11 is 7.88. The van der Waals surface area contributed by atoms with Gasteiger partial charge in [0.2, 0.25) is 17.6 Å². The fraction of sp³-hybridized carbons (Fsp3) is 0.321. The van der Waals surface area contributed by atoms with Crippen molar-refractivity contribution in [2.45, 2.75) is 44.8 Å². The zero-order valence-corrected chi connectivity index (χ0v) is 24.1. The molecule has 40 heavy (non-hydrogen) atoms. The molecule has 2 amide bonds. The highest BCUT2D eigenvalue weighted by Gasteiger charge is 2.47. The second kappa shape index (κ2) is 12.9. The highest BCUT2D eigenvalue weighted by Crippen LogP contribution is 2.39. The highest BCUT2D eigenvalue weighted by atomic mass is 35.5. The molecule has 0 spiro atoms. The molecule has 12 heteroatoms. The number of carbonyl (C=O) groups excluding carboxylic acids is 2. The number of halogens is 1. The SMILES string of the molecule is CCCCC(C(N)=O)(c1cccs1)N(Cc1ccccc1Cl)C(=O)Cn1nnc(-c2ccc(OC)c(OC)c2)n1. The van der Waals surface area contributed by atoms with E-state index in [0.717, 1.165) is 6.42 Å². The van der Waals surface area contributed by atoms with E-state index in [4.69, 9.17) is 26.8 Å². The van der Waals surface area contributed by atoms with Gasteiger partial charge in [0, 0.05) is 22.0 Å². The van der Waals surface area contributed by atoms with Gasteiger partial charge in [0.15, 0.2) is 17.0 Å². The lowest BCUT2D eigenvalue weighted by Crippen LogP contribution is -2.57. The summed E-state index contributed by atoms with van der Waals surface area (Å²) in [6.07, 6.45) is 1.85. The van der Waals surface area contributed by atoms with E-state index >= 15 is 0 Å². The van der Waals surface area contributed by atoms with Crippen LogP contribution in [0.15, 0.2) is 60.0 Å². The van der Waals surface area contributed by atoms with E-state index in [1.165, 1.54) is 28.1 Å². The van der Waals surface area contributed by atoms with Crippen LogP contribution in [0.1, 0.15) is 36.6 Å². The number of amides is 2. The van der Waals surface area contributed by atoms with E-state index in [1.807, 2.05) is 42.6 Å². The molecular weight excluding hydrogens is 552 g/mol. The number of benzene rings is 2. The number of nitrogens with two attached hydrogens (primary N) is 1. The number of primary amides is 1. The highest BCUT2D eigenvalue weighted by molar-refractivity contribution is 7.10. The average molecular weight is 583 g/mol. The van der Waals surface area contributed by atoms with Gasteiger partial charge in [-0.2, -0.15) is 4.80 Å². The van der Waals surface area contributed by atoms with Crippen LogP contribution in [0, 0.1) is 0 Å². The number of methoxy groups -OCH3 is 2. The molecule has 0 bridgehead atoms. The number of aromatic nitrogens is 4. The number of hydrogen-bond acceptors (Lipinski definition) is 8. The van der Waals surface area contributed by atoms with Crippen LogP contribution in [-0.4, -0.2) is 51.1 Å². The van der Waals surface area contributed by atoms with Crippen LogP contribution in [0.25, 0.3) is 11.4 Å². The molecule has 0 radical (unpaired) electrons. The van der Waals surface area contributed by atoms with Crippen molar-refractivity contribution in [2.24, 2.45) is 5.73 Å². The second-order valence-electron chi connectivity index (χ2n) is 9.09. The van der Waals surface area contributed by atoms with Crippen LogP contribution >= 0.6 is 22.9 Å². The Labute approximate surface area is 241 Å². The van der Waals surface area contributed by atoms with Crippen molar-refractivity contribution in [3.63, 3.8) is 0 Å². The molecular formula is C28H31ClN6O4S. The molecule has 0 fully saturated rings. The van der Waals surface area contributed by atoms with Gasteiger partial charge in [-0.1, -0.05) is 55.6 Å². The van der Waals surface area contributed by atoms with E-state index < -0.39 is 17.4 Å². The van der Waals surface area contributed by atoms with Gasteiger partial charge in [-0.15, -0.1) is 21.5 Å². The monoisotopic (exact) mass is 582 g/mol. The van der Waals surface area contributed by atoms with E-state index in [0.29, 0.717) is 51.2 Å². The third-order valence-electron chi connectivity index (χ3n) is 6.65. The van der Waals surface area contributed by atoms with Crippen molar-refractivity contribution >= 4 is 34.8 Å². The van der Waals surface area contributed by atoms with Crippen LogP contribution in [0.4, 0.5) is 0 Å². The minimum absolute atomic E-state index is 0.0697. The third-order valence-corrected chi connectivity index (χ3v) is 8.04. The predicted octanol–water partition coefficient (Wildman–Crippen LogP) is 4.67. The van der Waals surface area contributed by atoms with Gasteiger partial charge < -0.3 is 20.1 Å². The predicted molar refractivity (Wildman–Crippen MR) is 153 cm³/mol. The van der Waals surface area contributed by atoms with Gasteiger partial charge in [0.1, 0.15) is 6.54 Å². The quantitative estimate of drug-likeness (QED) is 0.243. The van der Waals surface area contributed by atoms with E-state index in [2.05, 4.69) is 15.4 Å². The lowest BCUT2D eigenvalue weighted by Gasteiger charge is -2.41. The van der Waals surface area contributed by atoms with Crippen LogP contribution in [-0.2, 0) is 28.2 Å². The summed E-state index contributed by atoms with van der Waals surface area (Å²) in [5.74, 6) is 0.363.